The summed E-state index contributed by atoms with van der Waals surface area (Å²) in [7, 11) is -5.74. The van der Waals surface area contributed by atoms with Gasteiger partial charge in [-0.25, -0.2) is 0 Å². The maximum atomic E-state index is 11.8. The molecule has 0 aliphatic heterocycles. The second-order valence-electron chi connectivity index (χ2n) is 7.15. The fourth-order valence-corrected chi connectivity index (χ4v) is 4.04. The minimum Gasteiger partial charge on any atom is -0.469 e. The van der Waals surface area contributed by atoms with Crippen molar-refractivity contribution >= 4 is 32.2 Å². The summed E-state index contributed by atoms with van der Waals surface area (Å²) in [5.41, 5.74) is -2.34. The molecule has 0 amide bonds. The predicted octanol–water partition coefficient (Wildman–Crippen LogP) is 0.468. The zero-order chi connectivity index (χ0) is 21.5. The molecule has 160 valence electrons. The van der Waals surface area contributed by atoms with Crippen molar-refractivity contribution in [2.75, 3.05) is 38.9 Å². The SMILES string of the molecule is COC(=O)C(C)(C)COS(=O)(=O)CCCS(=O)(=O)OCC(C)(C)C(=O)OC. The molecule has 10 nitrogen and oxygen atoms in total. The Morgan fingerprint density at radius 3 is 1.26 bits per heavy atom. The number of hydrogen-bond donors (Lipinski definition) is 0. The molecule has 0 aliphatic carbocycles. The third-order valence-corrected chi connectivity index (χ3v) is 5.99. The average Bonchev–Trinajstić information content (AvgIpc) is 2.56. The van der Waals surface area contributed by atoms with Crippen molar-refractivity contribution in [3.63, 3.8) is 0 Å². The van der Waals surface area contributed by atoms with Gasteiger partial charge in [-0.1, -0.05) is 0 Å². The van der Waals surface area contributed by atoms with Crippen LogP contribution in [-0.4, -0.2) is 67.7 Å². The molecular formula is C15H28O10S2. The van der Waals surface area contributed by atoms with Crippen LogP contribution in [0.1, 0.15) is 34.1 Å². The number of methoxy groups -OCH3 is 2. The van der Waals surface area contributed by atoms with Crippen LogP contribution in [0.5, 0.6) is 0 Å². The van der Waals surface area contributed by atoms with E-state index in [2.05, 4.69) is 9.47 Å². The van der Waals surface area contributed by atoms with Gasteiger partial charge in [-0.05, 0) is 34.1 Å². The van der Waals surface area contributed by atoms with E-state index in [1.807, 2.05) is 0 Å². The van der Waals surface area contributed by atoms with Crippen molar-refractivity contribution in [3.8, 4) is 0 Å². The van der Waals surface area contributed by atoms with Crippen LogP contribution in [0.15, 0.2) is 0 Å². The summed E-state index contributed by atoms with van der Waals surface area (Å²) in [4.78, 5) is 23.0. The monoisotopic (exact) mass is 432 g/mol. The van der Waals surface area contributed by atoms with Crippen LogP contribution < -0.4 is 0 Å². The molecule has 0 aromatic heterocycles. The van der Waals surface area contributed by atoms with Gasteiger partial charge in [0.25, 0.3) is 20.2 Å². The second kappa shape index (κ2) is 9.80. The lowest BCUT2D eigenvalue weighted by molar-refractivity contribution is -0.153. The zero-order valence-electron chi connectivity index (χ0n) is 16.4. The van der Waals surface area contributed by atoms with Crippen molar-refractivity contribution in [1.29, 1.82) is 0 Å². The summed E-state index contributed by atoms with van der Waals surface area (Å²) in [6.45, 7) is 4.95. The van der Waals surface area contributed by atoms with E-state index in [9.17, 15) is 26.4 Å². The van der Waals surface area contributed by atoms with E-state index in [0.29, 0.717) is 0 Å². The van der Waals surface area contributed by atoms with Crippen LogP contribution in [0.4, 0.5) is 0 Å². The van der Waals surface area contributed by atoms with E-state index < -0.39 is 67.7 Å². The molecule has 0 radical (unpaired) electrons. The lowest BCUT2D eigenvalue weighted by Gasteiger charge is -2.21. The summed E-state index contributed by atoms with van der Waals surface area (Å²) in [5, 5.41) is 0. The first-order chi connectivity index (χ1) is 12.1. The lowest BCUT2D eigenvalue weighted by atomic mass is 9.95. The standard InChI is InChI=1S/C15H28O10S2/c1-14(2,12(16)22-5)10-24-26(18,19)8-7-9-27(20,21)25-11-15(3,4)13(17)23-6/h7-11H2,1-6H3. The Kier molecular flexibility index (Phi) is 9.35. The number of carbonyl (C=O) groups is 2. The van der Waals surface area contributed by atoms with Crippen LogP contribution in [0.25, 0.3) is 0 Å². The molecule has 0 bridgehead atoms. The Bertz CT molecular complexity index is 658. The lowest BCUT2D eigenvalue weighted by Crippen LogP contribution is -2.33. The number of rotatable bonds is 12. The molecule has 0 aromatic carbocycles. The largest absolute Gasteiger partial charge is 0.469 e. The van der Waals surface area contributed by atoms with Gasteiger partial charge in [0.1, 0.15) is 0 Å². The van der Waals surface area contributed by atoms with Crippen LogP contribution in [0.2, 0.25) is 0 Å². The van der Waals surface area contributed by atoms with E-state index >= 15 is 0 Å². The van der Waals surface area contributed by atoms with E-state index in [0.717, 1.165) is 0 Å². The van der Waals surface area contributed by atoms with Crippen molar-refractivity contribution in [2.45, 2.75) is 34.1 Å². The topological polar surface area (TPSA) is 139 Å². The van der Waals surface area contributed by atoms with Gasteiger partial charge in [-0.2, -0.15) is 16.8 Å². The second-order valence-corrected chi connectivity index (χ2v) is 10.7. The number of ether oxygens (including phenoxy) is 2. The quantitative estimate of drug-likeness (QED) is 0.316. The van der Waals surface area contributed by atoms with Gasteiger partial charge in [0.2, 0.25) is 0 Å². The highest BCUT2D eigenvalue weighted by molar-refractivity contribution is 7.87. The van der Waals surface area contributed by atoms with Gasteiger partial charge in [0.15, 0.2) is 0 Å². The normalized spacial score (nSPS) is 13.3. The highest BCUT2D eigenvalue weighted by Gasteiger charge is 2.33. The number of esters is 2. The first-order valence-corrected chi connectivity index (χ1v) is 11.1. The molecule has 0 N–H and O–H groups in total. The van der Waals surface area contributed by atoms with Crippen molar-refractivity contribution < 1.29 is 44.3 Å². The van der Waals surface area contributed by atoms with Gasteiger partial charge < -0.3 is 9.47 Å². The van der Waals surface area contributed by atoms with Gasteiger partial charge in [-0.15, -0.1) is 0 Å². The molecule has 0 saturated carbocycles. The molecule has 27 heavy (non-hydrogen) atoms. The Balaban J connectivity index is 4.55. The minimum absolute atomic E-state index is 0.276. The Hall–Kier alpha value is -1.24. The van der Waals surface area contributed by atoms with Crippen molar-refractivity contribution in [2.24, 2.45) is 10.8 Å². The summed E-state index contributed by atoms with van der Waals surface area (Å²) < 4.78 is 66.0. The molecule has 0 heterocycles. The smallest absolute Gasteiger partial charge is 0.313 e. The fourth-order valence-electron chi connectivity index (χ4n) is 1.67. The third kappa shape index (κ3) is 9.49. The first kappa shape index (κ1) is 25.8. The van der Waals surface area contributed by atoms with Gasteiger partial charge in [0.05, 0.1) is 49.8 Å². The van der Waals surface area contributed by atoms with Crippen LogP contribution in [0.3, 0.4) is 0 Å². The van der Waals surface area contributed by atoms with Crippen molar-refractivity contribution in [3.05, 3.63) is 0 Å². The van der Waals surface area contributed by atoms with Gasteiger partial charge >= 0.3 is 11.9 Å². The van der Waals surface area contributed by atoms with E-state index in [1.165, 1.54) is 41.9 Å². The highest BCUT2D eigenvalue weighted by Crippen LogP contribution is 2.20. The summed E-state index contributed by atoms with van der Waals surface area (Å²) in [5.74, 6) is -2.43. The molecular weight excluding hydrogens is 404 g/mol. The zero-order valence-corrected chi connectivity index (χ0v) is 18.1. The maximum absolute atomic E-state index is 11.8. The van der Waals surface area contributed by atoms with Crippen LogP contribution in [-0.2, 0) is 47.7 Å². The number of carbonyl (C=O) groups excluding carboxylic acids is 2. The molecule has 0 aliphatic rings. The Morgan fingerprint density at radius 2 is 1.00 bits per heavy atom. The van der Waals surface area contributed by atoms with Crippen molar-refractivity contribution in [1.82, 2.24) is 0 Å². The average molecular weight is 433 g/mol. The molecule has 0 spiro atoms. The molecule has 12 heteroatoms. The van der Waals surface area contributed by atoms with Gasteiger partial charge in [0, 0.05) is 0 Å². The van der Waals surface area contributed by atoms with E-state index in [-0.39, 0.29) is 6.42 Å². The number of hydrogen-bond acceptors (Lipinski definition) is 10. The molecule has 0 saturated heterocycles. The van der Waals surface area contributed by atoms with E-state index in [1.54, 1.807) is 0 Å². The Labute approximate surface area is 160 Å². The van der Waals surface area contributed by atoms with Crippen LogP contribution >= 0.6 is 0 Å². The Morgan fingerprint density at radius 1 is 0.704 bits per heavy atom. The summed E-state index contributed by atoms with van der Waals surface area (Å²) in [6.07, 6.45) is -0.276. The fraction of sp³-hybridized carbons (Fsp3) is 0.867. The third-order valence-electron chi connectivity index (χ3n) is 3.46. The van der Waals surface area contributed by atoms with Gasteiger partial charge in [-0.3, -0.25) is 18.0 Å². The van der Waals surface area contributed by atoms with Crippen LogP contribution in [0, 0.1) is 10.8 Å². The molecule has 0 fully saturated rings. The predicted molar refractivity (Wildman–Crippen MR) is 95.7 cm³/mol. The molecule has 0 atom stereocenters. The summed E-state index contributed by atoms with van der Waals surface area (Å²) >= 11 is 0. The minimum atomic E-state index is -4.04. The maximum Gasteiger partial charge on any atom is 0.313 e. The molecule has 0 aromatic rings. The summed E-state index contributed by atoms with van der Waals surface area (Å²) in [6, 6.07) is 0. The highest BCUT2D eigenvalue weighted by atomic mass is 32.2. The molecule has 0 rings (SSSR count). The van der Waals surface area contributed by atoms with E-state index in [4.69, 9.17) is 8.37 Å². The molecule has 0 unspecified atom stereocenters. The first-order valence-electron chi connectivity index (χ1n) is 7.99.